The molecule has 0 spiro atoms. The van der Waals surface area contributed by atoms with Gasteiger partial charge in [0, 0.05) is 30.2 Å². The van der Waals surface area contributed by atoms with Crippen LogP contribution in [0, 0.1) is 6.92 Å². The van der Waals surface area contributed by atoms with Gasteiger partial charge in [-0.1, -0.05) is 0 Å². The molecule has 26 heavy (non-hydrogen) atoms. The zero-order valence-electron chi connectivity index (χ0n) is 14.5. The first-order valence-corrected chi connectivity index (χ1v) is 8.75. The highest BCUT2D eigenvalue weighted by molar-refractivity contribution is 5.93. The zero-order chi connectivity index (χ0) is 18.1. The number of halogens is 1. The van der Waals surface area contributed by atoms with E-state index in [9.17, 15) is 9.18 Å². The van der Waals surface area contributed by atoms with Crippen LogP contribution in [0.1, 0.15) is 35.4 Å². The normalized spacial score (nSPS) is 17.5. The third kappa shape index (κ3) is 3.00. The molecule has 4 rings (SSSR count). The van der Waals surface area contributed by atoms with Gasteiger partial charge in [0.05, 0.1) is 17.6 Å². The highest BCUT2D eigenvalue weighted by Crippen LogP contribution is 2.26. The smallest absolute Gasteiger partial charge is 0.276 e. The van der Waals surface area contributed by atoms with Gasteiger partial charge in [0.1, 0.15) is 0 Å². The van der Waals surface area contributed by atoms with Gasteiger partial charge in [-0.15, -0.1) is 0 Å². The molecule has 3 aromatic rings. The van der Waals surface area contributed by atoms with Crippen molar-refractivity contribution in [3.63, 3.8) is 0 Å². The molecule has 1 atom stereocenters. The lowest BCUT2D eigenvalue weighted by Crippen LogP contribution is -2.41. The van der Waals surface area contributed by atoms with Crippen LogP contribution < -0.4 is 0 Å². The lowest BCUT2D eigenvalue weighted by molar-refractivity contribution is 0.0316. The average molecular weight is 353 g/mol. The molecule has 134 valence electrons. The van der Waals surface area contributed by atoms with Gasteiger partial charge >= 0.3 is 0 Å². The Morgan fingerprint density at radius 1 is 1.31 bits per heavy atom. The van der Waals surface area contributed by atoms with Gasteiger partial charge in [0.25, 0.3) is 5.91 Å². The average Bonchev–Trinajstić information content (AvgIpc) is 3.32. The van der Waals surface area contributed by atoms with Crippen LogP contribution in [0.15, 0.2) is 42.9 Å². The fourth-order valence-electron chi connectivity index (χ4n) is 3.22. The van der Waals surface area contributed by atoms with Crippen LogP contribution in [0.5, 0.6) is 0 Å². The minimum absolute atomic E-state index is 0.242. The predicted molar refractivity (Wildman–Crippen MR) is 95.7 cm³/mol. The van der Waals surface area contributed by atoms with E-state index in [1.165, 1.54) is 4.90 Å². The topological polar surface area (TPSA) is 66.8 Å². The van der Waals surface area contributed by atoms with Crippen LogP contribution in [0.4, 0.5) is 4.39 Å². The quantitative estimate of drug-likeness (QED) is 0.733. The second-order valence-corrected chi connectivity index (χ2v) is 6.51. The van der Waals surface area contributed by atoms with Crippen molar-refractivity contribution < 1.29 is 9.18 Å². The Kier molecular flexibility index (Phi) is 4.28. The first kappa shape index (κ1) is 16.5. The van der Waals surface area contributed by atoms with Crippen LogP contribution in [-0.2, 0) is 0 Å². The van der Waals surface area contributed by atoms with Gasteiger partial charge in [-0.05, 0) is 50.5 Å². The number of piperidine rings is 1. The number of H-pyrrole nitrogens is 1. The monoisotopic (exact) mass is 353 g/mol. The molecule has 1 aliphatic rings. The van der Waals surface area contributed by atoms with E-state index in [1.807, 2.05) is 37.5 Å². The summed E-state index contributed by atoms with van der Waals surface area (Å²) in [4.78, 5) is 21.4. The summed E-state index contributed by atoms with van der Waals surface area (Å²) in [5, 5.41) is 4.48. The van der Waals surface area contributed by atoms with Gasteiger partial charge in [-0.2, -0.15) is 5.10 Å². The first-order valence-electron chi connectivity index (χ1n) is 8.75. The SMILES string of the molecule is Cc1ccc(-n2nc(C(=O)N3CCCCC3F)cc2-c2cc[nH]c2)cn1. The van der Waals surface area contributed by atoms with E-state index in [0.29, 0.717) is 13.0 Å². The van der Waals surface area contributed by atoms with Crippen LogP contribution in [0.2, 0.25) is 0 Å². The van der Waals surface area contributed by atoms with E-state index in [0.717, 1.165) is 35.5 Å². The van der Waals surface area contributed by atoms with Crippen molar-refractivity contribution in [3.8, 4) is 16.9 Å². The lowest BCUT2D eigenvalue weighted by Gasteiger charge is -2.29. The van der Waals surface area contributed by atoms with E-state index in [1.54, 1.807) is 16.9 Å². The van der Waals surface area contributed by atoms with E-state index in [2.05, 4.69) is 15.1 Å². The van der Waals surface area contributed by atoms with Gasteiger partial charge < -0.3 is 9.88 Å². The van der Waals surface area contributed by atoms with E-state index in [-0.39, 0.29) is 11.6 Å². The second-order valence-electron chi connectivity index (χ2n) is 6.51. The maximum absolute atomic E-state index is 14.2. The largest absolute Gasteiger partial charge is 0.367 e. The number of aromatic amines is 1. The third-order valence-electron chi connectivity index (χ3n) is 4.65. The summed E-state index contributed by atoms with van der Waals surface area (Å²) < 4.78 is 15.9. The van der Waals surface area contributed by atoms with Gasteiger partial charge in [-0.25, -0.2) is 9.07 Å². The number of hydrogen-bond donors (Lipinski definition) is 1. The summed E-state index contributed by atoms with van der Waals surface area (Å²) in [6.45, 7) is 2.34. The molecule has 1 fully saturated rings. The molecule has 1 unspecified atom stereocenters. The van der Waals surface area contributed by atoms with E-state index < -0.39 is 6.30 Å². The number of aryl methyl sites for hydroxylation is 1. The fraction of sp³-hybridized carbons (Fsp3) is 0.316. The Hall–Kier alpha value is -2.96. The summed E-state index contributed by atoms with van der Waals surface area (Å²) in [5.41, 5.74) is 3.54. The summed E-state index contributed by atoms with van der Waals surface area (Å²) in [7, 11) is 0. The molecule has 1 N–H and O–H groups in total. The number of carbonyl (C=O) groups excluding carboxylic acids is 1. The number of nitrogens with zero attached hydrogens (tertiary/aromatic N) is 4. The molecule has 0 radical (unpaired) electrons. The number of rotatable bonds is 3. The number of likely N-dealkylation sites (tertiary alicyclic amines) is 1. The Morgan fingerprint density at radius 2 is 2.19 bits per heavy atom. The molecule has 1 saturated heterocycles. The molecule has 3 aromatic heterocycles. The number of carbonyl (C=O) groups is 1. The number of amides is 1. The van der Waals surface area contributed by atoms with E-state index >= 15 is 0 Å². The minimum atomic E-state index is -1.24. The maximum Gasteiger partial charge on any atom is 0.276 e. The number of aromatic nitrogens is 4. The van der Waals surface area contributed by atoms with Crippen molar-refractivity contribution in [2.45, 2.75) is 32.5 Å². The highest BCUT2D eigenvalue weighted by atomic mass is 19.1. The van der Waals surface area contributed by atoms with Crippen molar-refractivity contribution in [3.05, 3.63) is 54.2 Å². The standard InChI is InChI=1S/C19H20FN5O/c1-13-5-6-15(12-22-13)25-17(14-7-8-21-11-14)10-16(23-25)19(26)24-9-3-2-4-18(24)20/h5-8,10-12,18,21H,2-4,9H2,1H3. The van der Waals surface area contributed by atoms with Crippen molar-refractivity contribution in [2.75, 3.05) is 6.54 Å². The summed E-state index contributed by atoms with van der Waals surface area (Å²) in [6.07, 6.45) is 6.14. The summed E-state index contributed by atoms with van der Waals surface area (Å²) in [6, 6.07) is 7.41. The van der Waals surface area contributed by atoms with Gasteiger partial charge in [-0.3, -0.25) is 9.78 Å². The second kappa shape index (κ2) is 6.74. The minimum Gasteiger partial charge on any atom is -0.367 e. The number of pyridine rings is 1. The van der Waals surface area contributed by atoms with Crippen molar-refractivity contribution in [1.29, 1.82) is 0 Å². The maximum atomic E-state index is 14.2. The molecular weight excluding hydrogens is 333 g/mol. The molecule has 0 bridgehead atoms. The summed E-state index contributed by atoms with van der Waals surface area (Å²) in [5.74, 6) is -0.368. The Morgan fingerprint density at radius 3 is 2.88 bits per heavy atom. The van der Waals surface area contributed by atoms with Crippen LogP contribution >= 0.6 is 0 Å². The highest BCUT2D eigenvalue weighted by Gasteiger charge is 2.29. The predicted octanol–water partition coefficient (Wildman–Crippen LogP) is 3.49. The van der Waals surface area contributed by atoms with Crippen LogP contribution in [0.25, 0.3) is 16.9 Å². The Bertz CT molecular complexity index is 901. The number of alkyl halides is 1. The third-order valence-corrected chi connectivity index (χ3v) is 4.65. The molecule has 4 heterocycles. The fourth-order valence-corrected chi connectivity index (χ4v) is 3.22. The van der Waals surface area contributed by atoms with E-state index in [4.69, 9.17) is 0 Å². The molecule has 0 saturated carbocycles. The number of hydrogen-bond acceptors (Lipinski definition) is 3. The molecule has 6 nitrogen and oxygen atoms in total. The van der Waals surface area contributed by atoms with Crippen LogP contribution in [-0.4, -0.2) is 43.4 Å². The molecular formula is C19H20FN5O. The van der Waals surface area contributed by atoms with Crippen molar-refractivity contribution in [1.82, 2.24) is 24.6 Å². The molecule has 1 aliphatic heterocycles. The first-order chi connectivity index (χ1) is 12.6. The molecule has 0 aromatic carbocycles. The molecule has 7 heteroatoms. The summed E-state index contributed by atoms with van der Waals surface area (Å²) >= 11 is 0. The van der Waals surface area contributed by atoms with Crippen molar-refractivity contribution in [2.24, 2.45) is 0 Å². The Balaban J connectivity index is 1.76. The van der Waals surface area contributed by atoms with Crippen molar-refractivity contribution >= 4 is 5.91 Å². The van der Waals surface area contributed by atoms with Gasteiger partial charge in [0.15, 0.2) is 12.0 Å². The zero-order valence-corrected chi connectivity index (χ0v) is 14.5. The Labute approximate surface area is 150 Å². The van der Waals surface area contributed by atoms with Gasteiger partial charge in [0.2, 0.25) is 0 Å². The number of nitrogens with one attached hydrogen (secondary N) is 1. The van der Waals surface area contributed by atoms with Crippen LogP contribution in [0.3, 0.4) is 0 Å². The molecule has 1 amide bonds. The molecule has 0 aliphatic carbocycles. The lowest BCUT2D eigenvalue weighted by atomic mass is 10.1.